The number of aryl methyl sites for hydroxylation is 2. The van der Waals surface area contributed by atoms with E-state index in [4.69, 9.17) is 0 Å². The highest BCUT2D eigenvalue weighted by atomic mass is 32.2. The van der Waals surface area contributed by atoms with Crippen molar-refractivity contribution in [3.63, 3.8) is 0 Å². The number of rotatable bonds is 4. The summed E-state index contributed by atoms with van der Waals surface area (Å²) in [6, 6.07) is 15.7. The van der Waals surface area contributed by atoms with Crippen molar-refractivity contribution < 1.29 is 13.2 Å². The van der Waals surface area contributed by atoms with Gasteiger partial charge in [-0.15, -0.1) is 4.40 Å². The number of amidine groups is 1. The van der Waals surface area contributed by atoms with Gasteiger partial charge in [0.05, 0.1) is 0 Å². The standard InChI is InChI=1S/C24H23N5O3S2/c1-15-14-16(2)26-24(25-15)33-18-11-9-17(10-12-18)27-23(30)20-7-5-13-29(20)22-19-6-3-4-8-21(19)34(31,32)28-22/h3-4,6,8-12,14,20H,5,7,13H2,1-2H3,(H,27,30)/t20-/m0/s1. The van der Waals surface area contributed by atoms with Gasteiger partial charge in [-0.2, -0.15) is 8.42 Å². The van der Waals surface area contributed by atoms with Gasteiger partial charge in [0.2, 0.25) is 5.91 Å². The van der Waals surface area contributed by atoms with Gasteiger partial charge in [-0.1, -0.05) is 12.1 Å². The van der Waals surface area contributed by atoms with E-state index in [1.165, 1.54) is 11.8 Å². The number of hydrogen-bond donors (Lipinski definition) is 1. The first-order valence-electron chi connectivity index (χ1n) is 10.9. The number of likely N-dealkylation sites (tertiary alicyclic amines) is 1. The fraction of sp³-hybridized carbons (Fsp3) is 0.250. The zero-order valence-electron chi connectivity index (χ0n) is 18.7. The number of aromatic nitrogens is 2. The number of fused-ring (bicyclic) bond motifs is 1. The van der Waals surface area contributed by atoms with E-state index in [1.54, 1.807) is 29.2 Å². The third-order valence-electron chi connectivity index (χ3n) is 5.73. The van der Waals surface area contributed by atoms with E-state index in [-0.39, 0.29) is 10.8 Å². The van der Waals surface area contributed by atoms with Crippen molar-refractivity contribution in [1.29, 1.82) is 0 Å². The first-order chi connectivity index (χ1) is 16.3. The zero-order chi connectivity index (χ0) is 23.9. The lowest BCUT2D eigenvalue weighted by Crippen LogP contribution is -2.43. The van der Waals surface area contributed by atoms with Crippen molar-refractivity contribution in [3.05, 3.63) is 71.5 Å². The van der Waals surface area contributed by atoms with Crippen LogP contribution in [0.3, 0.4) is 0 Å². The number of benzene rings is 2. The lowest BCUT2D eigenvalue weighted by molar-refractivity contribution is -0.119. The van der Waals surface area contributed by atoms with Crippen LogP contribution in [0.15, 0.2) is 73.9 Å². The summed E-state index contributed by atoms with van der Waals surface area (Å²) >= 11 is 1.46. The van der Waals surface area contributed by atoms with Crippen LogP contribution in [0.5, 0.6) is 0 Å². The minimum Gasteiger partial charge on any atom is -0.343 e. The Hall–Kier alpha value is -3.24. The highest BCUT2D eigenvalue weighted by molar-refractivity contribution is 7.99. The Morgan fingerprint density at radius 2 is 1.76 bits per heavy atom. The van der Waals surface area contributed by atoms with E-state index < -0.39 is 16.1 Å². The number of nitrogens with one attached hydrogen (secondary N) is 1. The molecule has 1 saturated heterocycles. The van der Waals surface area contributed by atoms with Crippen LogP contribution in [0.25, 0.3) is 0 Å². The Bertz CT molecular complexity index is 1380. The molecule has 0 spiro atoms. The second-order valence-electron chi connectivity index (χ2n) is 8.29. The largest absolute Gasteiger partial charge is 0.343 e. The minimum absolute atomic E-state index is 0.181. The van der Waals surface area contributed by atoms with Crippen LogP contribution in [0.4, 0.5) is 5.69 Å². The highest BCUT2D eigenvalue weighted by Crippen LogP contribution is 2.32. The summed E-state index contributed by atoms with van der Waals surface area (Å²) in [5.74, 6) is 0.175. The summed E-state index contributed by atoms with van der Waals surface area (Å²) in [6.45, 7) is 4.45. The Balaban J connectivity index is 1.30. The first-order valence-corrected chi connectivity index (χ1v) is 13.2. The van der Waals surface area contributed by atoms with Gasteiger partial charge in [-0.05, 0) is 80.9 Å². The Labute approximate surface area is 202 Å². The van der Waals surface area contributed by atoms with Gasteiger partial charge in [0.15, 0.2) is 11.0 Å². The zero-order valence-corrected chi connectivity index (χ0v) is 20.4. The van der Waals surface area contributed by atoms with Gasteiger partial charge in [0.1, 0.15) is 10.9 Å². The number of nitrogens with zero attached hydrogens (tertiary/aromatic N) is 4. The third-order valence-corrected chi connectivity index (χ3v) is 7.93. The molecular formula is C24H23N5O3S2. The molecule has 0 unspecified atom stereocenters. The summed E-state index contributed by atoms with van der Waals surface area (Å²) in [5.41, 5.74) is 3.06. The maximum absolute atomic E-state index is 13.1. The fourth-order valence-electron chi connectivity index (χ4n) is 4.26. The SMILES string of the molecule is Cc1cc(C)nc(Sc2ccc(NC(=O)[C@@H]3CCCN3C3=NS(=O)(=O)c4ccccc43)cc2)n1. The Kier molecular flexibility index (Phi) is 5.86. The average Bonchev–Trinajstić information content (AvgIpc) is 3.37. The lowest BCUT2D eigenvalue weighted by Gasteiger charge is -2.25. The second-order valence-corrected chi connectivity index (χ2v) is 10.9. The topological polar surface area (TPSA) is 105 Å². The molecule has 8 nitrogen and oxygen atoms in total. The predicted octanol–water partition coefficient (Wildman–Crippen LogP) is 3.80. The predicted molar refractivity (Wildman–Crippen MR) is 131 cm³/mol. The van der Waals surface area contributed by atoms with E-state index in [1.807, 2.05) is 44.2 Å². The molecule has 5 rings (SSSR count). The molecule has 3 heterocycles. The van der Waals surface area contributed by atoms with Crippen LogP contribution in [0, 0.1) is 13.8 Å². The Morgan fingerprint density at radius 3 is 2.50 bits per heavy atom. The molecule has 2 aliphatic rings. The summed E-state index contributed by atoms with van der Waals surface area (Å²) in [6.07, 6.45) is 1.41. The number of carbonyl (C=O) groups is 1. The molecule has 34 heavy (non-hydrogen) atoms. The molecule has 1 aromatic heterocycles. The van der Waals surface area contributed by atoms with Gasteiger partial charge in [0, 0.05) is 34.1 Å². The molecule has 0 saturated carbocycles. The Morgan fingerprint density at radius 1 is 1.06 bits per heavy atom. The van der Waals surface area contributed by atoms with E-state index >= 15 is 0 Å². The van der Waals surface area contributed by atoms with Gasteiger partial charge in [-0.25, -0.2) is 9.97 Å². The minimum atomic E-state index is -3.73. The normalized spacial score (nSPS) is 18.5. The molecule has 3 aromatic rings. The molecule has 2 aromatic carbocycles. The number of carbonyl (C=O) groups excluding carboxylic acids is 1. The summed E-state index contributed by atoms with van der Waals surface area (Å²) in [7, 11) is -3.73. The van der Waals surface area contributed by atoms with E-state index in [0.717, 1.165) is 22.7 Å². The molecule has 1 atom stereocenters. The van der Waals surface area contributed by atoms with Gasteiger partial charge in [-0.3, -0.25) is 4.79 Å². The third kappa shape index (κ3) is 4.43. The van der Waals surface area contributed by atoms with Gasteiger partial charge >= 0.3 is 0 Å². The van der Waals surface area contributed by atoms with E-state index in [0.29, 0.717) is 35.2 Å². The van der Waals surface area contributed by atoms with Crippen LogP contribution in [-0.4, -0.2) is 47.6 Å². The van der Waals surface area contributed by atoms with Crippen molar-refractivity contribution in [2.75, 3.05) is 11.9 Å². The molecule has 0 bridgehead atoms. The van der Waals surface area contributed by atoms with Crippen LogP contribution in [0.1, 0.15) is 29.8 Å². The lowest BCUT2D eigenvalue weighted by atomic mass is 10.1. The van der Waals surface area contributed by atoms with Crippen LogP contribution < -0.4 is 5.32 Å². The number of hydrogen-bond acceptors (Lipinski definition) is 7. The van der Waals surface area contributed by atoms with E-state index in [2.05, 4.69) is 19.7 Å². The maximum atomic E-state index is 13.1. The fourth-order valence-corrected chi connectivity index (χ4v) is 6.34. The smallest absolute Gasteiger partial charge is 0.285 e. The highest BCUT2D eigenvalue weighted by Gasteiger charge is 2.39. The number of sulfonamides is 1. The molecule has 10 heteroatoms. The quantitative estimate of drug-likeness (QED) is 0.551. The summed E-state index contributed by atoms with van der Waals surface area (Å²) < 4.78 is 28.9. The van der Waals surface area contributed by atoms with Crippen molar-refractivity contribution in [2.45, 2.75) is 47.7 Å². The first kappa shape index (κ1) is 22.5. The van der Waals surface area contributed by atoms with Gasteiger partial charge in [0.25, 0.3) is 10.0 Å². The van der Waals surface area contributed by atoms with Crippen LogP contribution in [-0.2, 0) is 14.8 Å². The van der Waals surface area contributed by atoms with Crippen LogP contribution >= 0.6 is 11.8 Å². The molecular weight excluding hydrogens is 470 g/mol. The van der Waals surface area contributed by atoms with Crippen molar-refractivity contribution in [3.8, 4) is 0 Å². The molecule has 1 N–H and O–H groups in total. The molecule has 0 aliphatic carbocycles. The van der Waals surface area contributed by atoms with E-state index in [9.17, 15) is 13.2 Å². The summed E-state index contributed by atoms with van der Waals surface area (Å²) in [5, 5.41) is 3.65. The number of anilines is 1. The van der Waals surface area contributed by atoms with Crippen LogP contribution in [0.2, 0.25) is 0 Å². The maximum Gasteiger partial charge on any atom is 0.285 e. The van der Waals surface area contributed by atoms with Crippen molar-refractivity contribution in [2.24, 2.45) is 4.40 Å². The number of amides is 1. The summed E-state index contributed by atoms with van der Waals surface area (Å²) in [4.78, 5) is 25.0. The molecule has 174 valence electrons. The van der Waals surface area contributed by atoms with Crippen molar-refractivity contribution in [1.82, 2.24) is 14.9 Å². The van der Waals surface area contributed by atoms with Gasteiger partial charge < -0.3 is 10.2 Å². The average molecular weight is 494 g/mol. The molecule has 1 fully saturated rings. The monoisotopic (exact) mass is 493 g/mol. The molecule has 2 aliphatic heterocycles. The molecule has 0 radical (unpaired) electrons. The molecule has 1 amide bonds. The van der Waals surface area contributed by atoms with Crippen molar-refractivity contribution >= 4 is 39.2 Å². The second kappa shape index (κ2) is 8.84.